The van der Waals surface area contributed by atoms with Gasteiger partial charge in [0, 0.05) is 30.2 Å². The van der Waals surface area contributed by atoms with Crippen LogP contribution in [0.1, 0.15) is 17.5 Å². The molecular weight excluding hydrogens is 445 g/mol. The van der Waals surface area contributed by atoms with E-state index in [1.165, 1.54) is 17.0 Å². The van der Waals surface area contributed by atoms with E-state index in [2.05, 4.69) is 16.0 Å². The number of hydrogen-bond acceptors (Lipinski definition) is 2. The summed E-state index contributed by atoms with van der Waals surface area (Å²) in [4.78, 5) is 26.5. The number of benzene rings is 3. The number of amides is 4. The molecule has 0 aliphatic heterocycles. The van der Waals surface area contributed by atoms with Gasteiger partial charge < -0.3 is 16.0 Å². The van der Waals surface area contributed by atoms with E-state index in [4.69, 9.17) is 0 Å². The molecule has 0 aliphatic rings. The molecule has 3 N–H and O–H groups in total. The van der Waals surface area contributed by atoms with Crippen molar-refractivity contribution in [2.75, 3.05) is 28.6 Å². The van der Waals surface area contributed by atoms with Crippen molar-refractivity contribution in [2.45, 2.75) is 19.5 Å². The summed E-state index contributed by atoms with van der Waals surface area (Å²) in [5, 5.41) is 8.04. The predicted molar refractivity (Wildman–Crippen MR) is 127 cm³/mol. The zero-order valence-electron chi connectivity index (χ0n) is 18.5. The molecule has 0 aromatic heterocycles. The maximum atomic E-state index is 13.0. The van der Waals surface area contributed by atoms with E-state index in [1.807, 2.05) is 25.1 Å². The second-order valence-electron chi connectivity index (χ2n) is 7.55. The first-order chi connectivity index (χ1) is 16.2. The van der Waals surface area contributed by atoms with Crippen LogP contribution in [0.15, 0.2) is 78.9 Å². The smallest absolute Gasteiger partial charge is 0.338 e. The van der Waals surface area contributed by atoms with Crippen molar-refractivity contribution in [3.05, 3.63) is 90.0 Å². The number of halogens is 3. The second kappa shape index (κ2) is 11.2. The van der Waals surface area contributed by atoms with E-state index in [0.717, 1.165) is 17.7 Å². The lowest BCUT2D eigenvalue weighted by Crippen LogP contribution is -2.38. The molecule has 0 saturated carbocycles. The Bertz CT molecular complexity index is 1120. The topological polar surface area (TPSA) is 73.5 Å². The fraction of sp³-hybridized carbons (Fsp3) is 0.200. The van der Waals surface area contributed by atoms with Gasteiger partial charge in [-0.25, -0.2) is 9.59 Å². The van der Waals surface area contributed by atoms with Gasteiger partial charge in [0.25, 0.3) is 0 Å². The molecule has 9 heteroatoms. The molecule has 0 fully saturated rings. The number of rotatable bonds is 7. The van der Waals surface area contributed by atoms with Gasteiger partial charge in [-0.15, -0.1) is 0 Å². The number of aryl methyl sites for hydroxylation is 1. The number of alkyl halides is 3. The maximum Gasteiger partial charge on any atom is 0.416 e. The normalized spacial score (nSPS) is 10.9. The summed E-state index contributed by atoms with van der Waals surface area (Å²) in [5.41, 5.74) is 1.40. The lowest BCUT2D eigenvalue weighted by atomic mass is 10.2. The van der Waals surface area contributed by atoms with Crippen LogP contribution in [0.4, 0.5) is 39.8 Å². The summed E-state index contributed by atoms with van der Waals surface area (Å²) in [6, 6.07) is 19.7. The van der Waals surface area contributed by atoms with Crippen LogP contribution in [0.2, 0.25) is 0 Å². The predicted octanol–water partition coefficient (Wildman–Crippen LogP) is 6.26. The summed E-state index contributed by atoms with van der Waals surface area (Å²) in [7, 11) is 0. The number of nitrogens with zero attached hydrogens (tertiary/aromatic N) is 1. The Labute approximate surface area is 195 Å². The minimum Gasteiger partial charge on any atom is -0.338 e. The Morgan fingerprint density at radius 2 is 1.59 bits per heavy atom. The van der Waals surface area contributed by atoms with Crippen molar-refractivity contribution in [3.8, 4) is 0 Å². The lowest BCUT2D eigenvalue weighted by molar-refractivity contribution is -0.137. The zero-order valence-corrected chi connectivity index (χ0v) is 18.5. The summed E-state index contributed by atoms with van der Waals surface area (Å²) < 4.78 is 39.0. The fourth-order valence-corrected chi connectivity index (χ4v) is 3.24. The van der Waals surface area contributed by atoms with Crippen LogP contribution in [0.5, 0.6) is 0 Å². The van der Waals surface area contributed by atoms with Crippen molar-refractivity contribution in [3.63, 3.8) is 0 Å². The average molecular weight is 470 g/mol. The molecule has 0 saturated heterocycles. The fourth-order valence-electron chi connectivity index (χ4n) is 3.24. The van der Waals surface area contributed by atoms with Crippen molar-refractivity contribution in [2.24, 2.45) is 0 Å². The van der Waals surface area contributed by atoms with Crippen LogP contribution in [-0.4, -0.2) is 25.2 Å². The number of carbonyl (C=O) groups excluding carboxylic acids is 2. The van der Waals surface area contributed by atoms with E-state index in [0.29, 0.717) is 17.8 Å². The Hall–Kier alpha value is -4.01. The van der Waals surface area contributed by atoms with E-state index in [-0.39, 0.29) is 24.8 Å². The highest BCUT2D eigenvalue weighted by molar-refractivity contribution is 6.01. The van der Waals surface area contributed by atoms with E-state index in [1.54, 1.807) is 36.4 Å². The summed E-state index contributed by atoms with van der Waals surface area (Å²) >= 11 is 0. The molecule has 3 aromatic rings. The molecule has 0 radical (unpaired) electrons. The average Bonchev–Trinajstić information content (AvgIpc) is 2.80. The van der Waals surface area contributed by atoms with E-state index >= 15 is 0 Å². The Kier molecular flexibility index (Phi) is 8.13. The molecule has 4 amide bonds. The zero-order chi connectivity index (χ0) is 24.6. The van der Waals surface area contributed by atoms with Gasteiger partial charge in [-0.3, -0.25) is 4.90 Å². The molecule has 0 aliphatic carbocycles. The van der Waals surface area contributed by atoms with Gasteiger partial charge in [0.1, 0.15) is 0 Å². The molecule has 34 heavy (non-hydrogen) atoms. The quantitative estimate of drug-likeness (QED) is 0.357. The van der Waals surface area contributed by atoms with Crippen molar-refractivity contribution in [1.82, 2.24) is 5.32 Å². The number of carbonyl (C=O) groups is 2. The van der Waals surface area contributed by atoms with Crippen LogP contribution in [0.25, 0.3) is 0 Å². The number of hydrogen-bond donors (Lipinski definition) is 3. The van der Waals surface area contributed by atoms with Crippen LogP contribution < -0.4 is 20.9 Å². The Morgan fingerprint density at radius 3 is 2.29 bits per heavy atom. The first-order valence-electron chi connectivity index (χ1n) is 10.7. The maximum absolute atomic E-state index is 13.0. The molecule has 3 aromatic carbocycles. The minimum atomic E-state index is -4.51. The SMILES string of the molecule is Cc1ccccc1NC(=O)NCCCN(C(=O)Nc1cccc(C(F)(F)F)c1)c1ccccc1. The molecule has 6 nitrogen and oxygen atoms in total. The van der Waals surface area contributed by atoms with Crippen LogP contribution in [-0.2, 0) is 6.18 Å². The van der Waals surface area contributed by atoms with Crippen molar-refractivity contribution in [1.29, 1.82) is 0 Å². The Morgan fingerprint density at radius 1 is 0.882 bits per heavy atom. The standard InChI is InChI=1S/C25H25F3N4O2/c1-18-9-5-6-14-22(18)31-23(33)29-15-8-16-32(21-12-3-2-4-13-21)24(34)30-20-11-7-10-19(17-20)25(26,27)28/h2-7,9-14,17H,8,15-16H2,1H3,(H,30,34)(H2,29,31,33). The van der Waals surface area contributed by atoms with E-state index in [9.17, 15) is 22.8 Å². The Balaban J connectivity index is 1.60. The number of nitrogens with one attached hydrogen (secondary N) is 3. The third kappa shape index (κ3) is 6.99. The molecule has 0 atom stereocenters. The summed E-state index contributed by atoms with van der Waals surface area (Å²) in [6.07, 6.45) is -4.09. The molecule has 0 spiro atoms. The third-order valence-electron chi connectivity index (χ3n) is 4.99. The van der Waals surface area contributed by atoms with Crippen molar-refractivity contribution >= 4 is 29.1 Å². The second-order valence-corrected chi connectivity index (χ2v) is 7.55. The summed E-state index contributed by atoms with van der Waals surface area (Å²) in [5.74, 6) is 0. The lowest BCUT2D eigenvalue weighted by Gasteiger charge is -2.23. The highest BCUT2D eigenvalue weighted by Crippen LogP contribution is 2.30. The monoisotopic (exact) mass is 470 g/mol. The van der Waals surface area contributed by atoms with Crippen LogP contribution in [0.3, 0.4) is 0 Å². The van der Waals surface area contributed by atoms with Gasteiger partial charge in [0.15, 0.2) is 0 Å². The highest BCUT2D eigenvalue weighted by atomic mass is 19.4. The van der Waals surface area contributed by atoms with Gasteiger partial charge in [-0.05, 0) is 55.3 Å². The number of para-hydroxylation sites is 2. The third-order valence-corrected chi connectivity index (χ3v) is 4.99. The number of anilines is 3. The number of urea groups is 2. The molecule has 178 valence electrons. The van der Waals surface area contributed by atoms with Crippen LogP contribution in [0, 0.1) is 6.92 Å². The molecule has 0 heterocycles. The van der Waals surface area contributed by atoms with Gasteiger partial charge in [0.2, 0.25) is 0 Å². The van der Waals surface area contributed by atoms with Crippen LogP contribution >= 0.6 is 0 Å². The first-order valence-corrected chi connectivity index (χ1v) is 10.7. The van der Waals surface area contributed by atoms with Gasteiger partial charge in [0.05, 0.1) is 5.56 Å². The molecule has 0 bridgehead atoms. The largest absolute Gasteiger partial charge is 0.416 e. The highest BCUT2D eigenvalue weighted by Gasteiger charge is 2.30. The van der Waals surface area contributed by atoms with E-state index < -0.39 is 17.8 Å². The van der Waals surface area contributed by atoms with Gasteiger partial charge >= 0.3 is 18.2 Å². The minimum absolute atomic E-state index is 0.0384. The molecular formula is C25H25F3N4O2. The van der Waals surface area contributed by atoms with Gasteiger partial charge in [-0.1, -0.05) is 42.5 Å². The van der Waals surface area contributed by atoms with Gasteiger partial charge in [-0.2, -0.15) is 13.2 Å². The molecule has 3 rings (SSSR count). The first kappa shape index (κ1) is 24.6. The summed E-state index contributed by atoms with van der Waals surface area (Å²) in [6.45, 7) is 2.41. The van der Waals surface area contributed by atoms with Crippen molar-refractivity contribution < 1.29 is 22.8 Å². The molecule has 0 unspecified atom stereocenters.